The van der Waals surface area contributed by atoms with Crippen LogP contribution in [0, 0.1) is 12.8 Å². The Bertz CT molecular complexity index is 599. The van der Waals surface area contributed by atoms with Crippen molar-refractivity contribution in [1.82, 2.24) is 5.32 Å². The molecule has 2 rings (SSSR count). The van der Waals surface area contributed by atoms with Crippen LogP contribution in [0.15, 0.2) is 16.5 Å². The van der Waals surface area contributed by atoms with Gasteiger partial charge in [0.2, 0.25) is 0 Å². The number of aryl methyl sites for hydroxylation is 1. The quantitative estimate of drug-likeness (QED) is 0.830. The van der Waals surface area contributed by atoms with E-state index >= 15 is 0 Å². The number of benzene rings is 1. The molecule has 0 amide bonds. The van der Waals surface area contributed by atoms with Crippen molar-refractivity contribution in [1.29, 1.82) is 0 Å². The fourth-order valence-corrected chi connectivity index (χ4v) is 2.73. The summed E-state index contributed by atoms with van der Waals surface area (Å²) in [5.41, 5.74) is 3.34. The van der Waals surface area contributed by atoms with Crippen LogP contribution < -0.4 is 5.32 Å². The second kappa shape index (κ2) is 6.19. The van der Waals surface area contributed by atoms with Gasteiger partial charge in [0.1, 0.15) is 11.3 Å². The molecule has 20 heavy (non-hydrogen) atoms. The van der Waals surface area contributed by atoms with E-state index in [0.29, 0.717) is 12.0 Å². The fourth-order valence-electron chi connectivity index (χ4n) is 2.46. The SMILES string of the molecule is Cc1ccc(Cl)c2c(CC(C)C)c(CNC(C)C)oc12. The third kappa shape index (κ3) is 3.18. The number of halogens is 1. The molecule has 1 heterocycles. The summed E-state index contributed by atoms with van der Waals surface area (Å²) >= 11 is 6.41. The molecule has 0 radical (unpaired) electrons. The molecule has 1 aromatic heterocycles. The summed E-state index contributed by atoms with van der Waals surface area (Å²) in [6.45, 7) is 11.6. The van der Waals surface area contributed by atoms with Crippen molar-refractivity contribution in [2.45, 2.75) is 53.6 Å². The van der Waals surface area contributed by atoms with Gasteiger partial charge < -0.3 is 9.73 Å². The van der Waals surface area contributed by atoms with E-state index < -0.39 is 0 Å². The van der Waals surface area contributed by atoms with Crippen LogP contribution in [-0.2, 0) is 13.0 Å². The highest BCUT2D eigenvalue weighted by molar-refractivity contribution is 6.35. The van der Waals surface area contributed by atoms with Gasteiger partial charge >= 0.3 is 0 Å². The summed E-state index contributed by atoms with van der Waals surface area (Å²) in [7, 11) is 0. The number of fused-ring (bicyclic) bond motifs is 1. The minimum absolute atomic E-state index is 0.437. The van der Waals surface area contributed by atoms with E-state index in [2.05, 4.69) is 39.9 Å². The van der Waals surface area contributed by atoms with Crippen LogP contribution in [0.3, 0.4) is 0 Å². The number of rotatable bonds is 5. The molecule has 1 N–H and O–H groups in total. The number of hydrogen-bond donors (Lipinski definition) is 1. The van der Waals surface area contributed by atoms with Crippen LogP contribution in [0.1, 0.15) is 44.6 Å². The smallest absolute Gasteiger partial charge is 0.139 e. The van der Waals surface area contributed by atoms with Gasteiger partial charge in [-0.2, -0.15) is 0 Å². The monoisotopic (exact) mass is 293 g/mol. The lowest BCUT2D eigenvalue weighted by molar-refractivity contribution is 0.478. The van der Waals surface area contributed by atoms with E-state index in [1.54, 1.807) is 0 Å². The molecular weight excluding hydrogens is 270 g/mol. The van der Waals surface area contributed by atoms with E-state index in [9.17, 15) is 0 Å². The first kappa shape index (κ1) is 15.4. The van der Waals surface area contributed by atoms with Gasteiger partial charge in [0.15, 0.2) is 0 Å². The second-order valence-electron chi connectivity index (χ2n) is 6.21. The van der Waals surface area contributed by atoms with Gasteiger partial charge in [0.05, 0.1) is 11.6 Å². The van der Waals surface area contributed by atoms with Crippen LogP contribution in [0.25, 0.3) is 11.0 Å². The first-order valence-corrected chi connectivity index (χ1v) is 7.70. The minimum Gasteiger partial charge on any atom is -0.459 e. The van der Waals surface area contributed by atoms with Crippen LogP contribution in [0.4, 0.5) is 0 Å². The maximum Gasteiger partial charge on any atom is 0.139 e. The zero-order valence-corrected chi connectivity index (χ0v) is 13.8. The number of nitrogens with one attached hydrogen (secondary N) is 1. The maximum atomic E-state index is 6.41. The molecule has 0 aliphatic heterocycles. The van der Waals surface area contributed by atoms with Gasteiger partial charge in [-0.05, 0) is 30.9 Å². The van der Waals surface area contributed by atoms with E-state index in [1.807, 2.05) is 12.1 Å². The van der Waals surface area contributed by atoms with Crippen LogP contribution in [0.5, 0.6) is 0 Å². The molecule has 0 saturated carbocycles. The topological polar surface area (TPSA) is 25.2 Å². The Morgan fingerprint density at radius 3 is 2.50 bits per heavy atom. The normalized spacial score (nSPS) is 12.0. The highest BCUT2D eigenvalue weighted by atomic mass is 35.5. The summed E-state index contributed by atoms with van der Waals surface area (Å²) in [6.07, 6.45) is 0.991. The van der Waals surface area contributed by atoms with Gasteiger partial charge in [-0.15, -0.1) is 0 Å². The third-order valence-corrected chi connectivity index (χ3v) is 3.77. The van der Waals surface area contributed by atoms with E-state index in [0.717, 1.165) is 40.3 Å². The fraction of sp³-hybridized carbons (Fsp3) is 0.529. The Balaban J connectivity index is 2.54. The molecule has 0 spiro atoms. The van der Waals surface area contributed by atoms with Crippen molar-refractivity contribution in [2.24, 2.45) is 5.92 Å². The predicted molar refractivity (Wildman–Crippen MR) is 86.5 cm³/mol. The second-order valence-corrected chi connectivity index (χ2v) is 6.61. The first-order valence-electron chi connectivity index (χ1n) is 7.32. The predicted octanol–water partition coefficient (Wildman–Crippen LogP) is 5.09. The maximum absolute atomic E-state index is 6.41. The van der Waals surface area contributed by atoms with Crippen molar-refractivity contribution in [3.05, 3.63) is 34.0 Å². The van der Waals surface area contributed by atoms with E-state index in [1.165, 1.54) is 5.56 Å². The zero-order chi connectivity index (χ0) is 14.9. The third-order valence-electron chi connectivity index (χ3n) is 3.45. The summed E-state index contributed by atoms with van der Waals surface area (Å²) in [5, 5.41) is 5.33. The van der Waals surface area contributed by atoms with Gasteiger partial charge in [0.25, 0.3) is 0 Å². The molecule has 0 atom stereocenters. The average molecular weight is 294 g/mol. The zero-order valence-electron chi connectivity index (χ0n) is 13.0. The minimum atomic E-state index is 0.437. The first-order chi connectivity index (χ1) is 9.40. The molecule has 0 saturated heterocycles. The molecular formula is C17H24ClNO. The van der Waals surface area contributed by atoms with Gasteiger partial charge in [-0.1, -0.05) is 45.4 Å². The number of hydrogen-bond acceptors (Lipinski definition) is 2. The molecule has 0 aliphatic rings. The molecule has 2 aromatic rings. The standard InChI is InChI=1S/C17H24ClNO/c1-10(2)8-13-15(9-19-11(3)4)20-17-12(5)6-7-14(18)16(13)17/h6-7,10-11,19H,8-9H2,1-5H3. The molecule has 3 heteroatoms. The Morgan fingerprint density at radius 2 is 1.90 bits per heavy atom. The summed E-state index contributed by atoms with van der Waals surface area (Å²) in [5.74, 6) is 1.60. The Hall–Kier alpha value is -0.990. The summed E-state index contributed by atoms with van der Waals surface area (Å²) in [6, 6.07) is 4.43. The highest BCUT2D eigenvalue weighted by Gasteiger charge is 2.19. The Kier molecular flexibility index (Phi) is 4.77. The lowest BCUT2D eigenvalue weighted by Gasteiger charge is -2.09. The molecule has 1 aromatic carbocycles. The van der Waals surface area contributed by atoms with Gasteiger partial charge in [0, 0.05) is 17.0 Å². The van der Waals surface area contributed by atoms with Gasteiger partial charge in [-0.25, -0.2) is 0 Å². The molecule has 110 valence electrons. The molecule has 0 bridgehead atoms. The van der Waals surface area contributed by atoms with Gasteiger partial charge in [-0.3, -0.25) is 0 Å². The molecule has 2 nitrogen and oxygen atoms in total. The van der Waals surface area contributed by atoms with Crippen molar-refractivity contribution in [3.8, 4) is 0 Å². The van der Waals surface area contributed by atoms with Crippen molar-refractivity contribution < 1.29 is 4.42 Å². The Morgan fingerprint density at radius 1 is 1.20 bits per heavy atom. The van der Waals surface area contributed by atoms with Crippen molar-refractivity contribution >= 4 is 22.6 Å². The summed E-state index contributed by atoms with van der Waals surface area (Å²) < 4.78 is 6.12. The lowest BCUT2D eigenvalue weighted by atomic mass is 9.99. The highest BCUT2D eigenvalue weighted by Crippen LogP contribution is 2.35. The molecule has 0 fully saturated rings. The molecule has 0 unspecified atom stereocenters. The van der Waals surface area contributed by atoms with Crippen LogP contribution in [0.2, 0.25) is 5.02 Å². The molecule has 0 aliphatic carbocycles. The number of furan rings is 1. The largest absolute Gasteiger partial charge is 0.459 e. The van der Waals surface area contributed by atoms with Crippen LogP contribution >= 0.6 is 11.6 Å². The van der Waals surface area contributed by atoms with E-state index in [-0.39, 0.29) is 0 Å². The van der Waals surface area contributed by atoms with Crippen molar-refractivity contribution in [3.63, 3.8) is 0 Å². The van der Waals surface area contributed by atoms with E-state index in [4.69, 9.17) is 16.0 Å². The Labute approximate surface area is 126 Å². The summed E-state index contributed by atoms with van der Waals surface area (Å²) in [4.78, 5) is 0. The average Bonchev–Trinajstić information content (AvgIpc) is 2.71. The van der Waals surface area contributed by atoms with Crippen LogP contribution in [-0.4, -0.2) is 6.04 Å². The van der Waals surface area contributed by atoms with Crippen molar-refractivity contribution in [2.75, 3.05) is 0 Å². The lowest BCUT2D eigenvalue weighted by Crippen LogP contribution is -2.22.